The number of nitrogens with one attached hydrogen (secondary N) is 2. The van der Waals surface area contributed by atoms with E-state index in [-0.39, 0.29) is 18.1 Å². The van der Waals surface area contributed by atoms with Gasteiger partial charge in [-0.1, -0.05) is 11.6 Å². The van der Waals surface area contributed by atoms with Gasteiger partial charge in [0.2, 0.25) is 0 Å². The van der Waals surface area contributed by atoms with Gasteiger partial charge in [-0.05, 0) is 32.9 Å². The lowest BCUT2D eigenvalue weighted by Crippen LogP contribution is -3.16. The zero-order valence-electron chi connectivity index (χ0n) is 15.4. The van der Waals surface area contributed by atoms with E-state index in [4.69, 9.17) is 4.74 Å². The Hall–Kier alpha value is -1.85. The highest BCUT2D eigenvalue weighted by molar-refractivity contribution is 5.86. The zero-order chi connectivity index (χ0) is 17.6. The number of fused-ring (bicyclic) bond motifs is 3. The number of rotatable bonds is 2. The van der Waals surface area contributed by atoms with Crippen LogP contribution in [0.4, 0.5) is 0 Å². The highest BCUT2D eigenvalue weighted by Gasteiger charge is 2.30. The molecule has 0 aliphatic carbocycles. The second-order valence-corrected chi connectivity index (χ2v) is 7.79. The maximum atomic E-state index is 12.9. The van der Waals surface area contributed by atoms with Gasteiger partial charge in [0.1, 0.15) is 25.3 Å². The first kappa shape index (κ1) is 16.6. The summed E-state index contributed by atoms with van der Waals surface area (Å²) in [6, 6.07) is 6.52. The van der Waals surface area contributed by atoms with Crippen LogP contribution in [0.5, 0.6) is 0 Å². The Labute approximate surface area is 148 Å². The molecule has 5 heteroatoms. The van der Waals surface area contributed by atoms with Crippen molar-refractivity contribution in [1.29, 1.82) is 0 Å². The molecule has 2 atom stereocenters. The van der Waals surface area contributed by atoms with Crippen molar-refractivity contribution in [2.24, 2.45) is 0 Å². The number of hydrogen-bond donors (Lipinski definition) is 2. The molecule has 0 saturated carbocycles. The molecule has 2 aromatic rings. The van der Waals surface area contributed by atoms with E-state index < -0.39 is 0 Å². The SMILES string of the molecule is Cc1ccc2[nH]c3c(c2c1)CN(C(=O)C[NH+]1C[C@H](C)O[C@@H](C)C1)CC3. The maximum Gasteiger partial charge on any atom is 0.278 e. The number of carbonyl (C=O) groups is 1. The molecule has 4 rings (SSSR count). The first-order chi connectivity index (χ1) is 12.0. The van der Waals surface area contributed by atoms with Crippen molar-refractivity contribution < 1.29 is 14.4 Å². The van der Waals surface area contributed by atoms with Crippen LogP contribution < -0.4 is 4.90 Å². The highest BCUT2D eigenvalue weighted by atomic mass is 16.5. The van der Waals surface area contributed by atoms with Gasteiger partial charge in [-0.25, -0.2) is 0 Å². The number of quaternary nitrogens is 1. The van der Waals surface area contributed by atoms with Crippen molar-refractivity contribution in [3.05, 3.63) is 35.0 Å². The third-order valence-electron chi connectivity index (χ3n) is 5.50. The summed E-state index contributed by atoms with van der Waals surface area (Å²) in [7, 11) is 0. The molecule has 25 heavy (non-hydrogen) atoms. The molecule has 2 aliphatic heterocycles. The largest absolute Gasteiger partial charge is 0.364 e. The summed E-state index contributed by atoms with van der Waals surface area (Å²) in [6.07, 6.45) is 1.38. The molecule has 1 saturated heterocycles. The van der Waals surface area contributed by atoms with E-state index in [2.05, 4.69) is 44.0 Å². The molecule has 134 valence electrons. The number of aromatic nitrogens is 1. The van der Waals surface area contributed by atoms with E-state index in [1.165, 1.54) is 32.6 Å². The number of carbonyl (C=O) groups excluding carboxylic acids is 1. The number of nitrogens with zero attached hydrogens (tertiary/aromatic N) is 1. The first-order valence-electron chi connectivity index (χ1n) is 9.36. The smallest absolute Gasteiger partial charge is 0.278 e. The topological polar surface area (TPSA) is 49.8 Å². The molecule has 0 bridgehead atoms. The molecule has 1 fully saturated rings. The van der Waals surface area contributed by atoms with Gasteiger partial charge in [0.05, 0.1) is 0 Å². The number of hydrogen-bond acceptors (Lipinski definition) is 2. The zero-order valence-corrected chi connectivity index (χ0v) is 15.4. The molecule has 3 heterocycles. The monoisotopic (exact) mass is 342 g/mol. The van der Waals surface area contributed by atoms with E-state index >= 15 is 0 Å². The number of amides is 1. The molecule has 5 nitrogen and oxygen atoms in total. The number of H-pyrrole nitrogens is 1. The molecular weight excluding hydrogens is 314 g/mol. The Morgan fingerprint density at radius 3 is 2.84 bits per heavy atom. The summed E-state index contributed by atoms with van der Waals surface area (Å²) < 4.78 is 5.79. The fraction of sp³-hybridized carbons (Fsp3) is 0.550. The van der Waals surface area contributed by atoms with Gasteiger partial charge < -0.3 is 19.5 Å². The van der Waals surface area contributed by atoms with Gasteiger partial charge in [-0.2, -0.15) is 0 Å². The summed E-state index contributed by atoms with van der Waals surface area (Å²) in [6.45, 7) is 10.3. The number of benzene rings is 1. The number of morpholine rings is 1. The molecule has 2 aliphatic rings. The predicted octanol–water partition coefficient (Wildman–Crippen LogP) is 1.05. The Balaban J connectivity index is 1.49. The Kier molecular flexibility index (Phi) is 4.29. The molecule has 0 unspecified atom stereocenters. The van der Waals surface area contributed by atoms with Crippen LogP contribution in [0.15, 0.2) is 18.2 Å². The minimum Gasteiger partial charge on any atom is -0.364 e. The number of aromatic amines is 1. The van der Waals surface area contributed by atoms with E-state index in [0.717, 1.165) is 32.6 Å². The molecular formula is C20H28N3O2+. The van der Waals surface area contributed by atoms with Gasteiger partial charge in [0.25, 0.3) is 5.91 Å². The van der Waals surface area contributed by atoms with Gasteiger partial charge in [-0.3, -0.25) is 4.79 Å². The van der Waals surface area contributed by atoms with Gasteiger partial charge in [0.15, 0.2) is 6.54 Å². The fourth-order valence-electron chi connectivity index (χ4n) is 4.40. The van der Waals surface area contributed by atoms with Crippen molar-refractivity contribution in [3.63, 3.8) is 0 Å². The van der Waals surface area contributed by atoms with Gasteiger partial charge in [-0.15, -0.1) is 0 Å². The van der Waals surface area contributed by atoms with Gasteiger partial charge in [0, 0.05) is 41.7 Å². The number of ether oxygens (including phenoxy) is 1. The van der Waals surface area contributed by atoms with Gasteiger partial charge >= 0.3 is 0 Å². The van der Waals surface area contributed by atoms with Crippen LogP contribution in [0, 0.1) is 6.92 Å². The summed E-state index contributed by atoms with van der Waals surface area (Å²) in [4.78, 5) is 19.8. The van der Waals surface area contributed by atoms with Crippen LogP contribution in [0.25, 0.3) is 10.9 Å². The lowest BCUT2D eigenvalue weighted by atomic mass is 10.0. The second-order valence-electron chi connectivity index (χ2n) is 7.79. The second kappa shape index (κ2) is 6.46. The van der Waals surface area contributed by atoms with Crippen molar-refractivity contribution in [1.82, 2.24) is 9.88 Å². The van der Waals surface area contributed by atoms with Crippen LogP contribution in [-0.2, 0) is 22.5 Å². The molecule has 1 aromatic carbocycles. The van der Waals surface area contributed by atoms with Crippen molar-refractivity contribution >= 4 is 16.8 Å². The maximum absolute atomic E-state index is 12.9. The Morgan fingerprint density at radius 1 is 1.32 bits per heavy atom. The third kappa shape index (κ3) is 3.31. The van der Waals surface area contributed by atoms with Crippen molar-refractivity contribution in [2.75, 3.05) is 26.2 Å². The Morgan fingerprint density at radius 2 is 2.08 bits per heavy atom. The fourth-order valence-corrected chi connectivity index (χ4v) is 4.40. The standard InChI is InChI=1S/C20H27N3O2/c1-13-4-5-18-16(8-13)17-11-23(7-6-19(17)21-18)20(24)12-22-9-14(2)25-15(3)10-22/h4-5,8,14-15,21H,6-7,9-12H2,1-3H3/p+1/t14-,15-/m0/s1. The van der Waals surface area contributed by atoms with Crippen LogP contribution >= 0.6 is 0 Å². The molecule has 1 aromatic heterocycles. The van der Waals surface area contributed by atoms with E-state index in [1.54, 1.807) is 0 Å². The third-order valence-corrected chi connectivity index (χ3v) is 5.50. The molecule has 0 spiro atoms. The van der Waals surface area contributed by atoms with E-state index in [0.29, 0.717) is 6.54 Å². The summed E-state index contributed by atoms with van der Waals surface area (Å²) in [5.41, 5.74) is 5.05. The average molecular weight is 342 g/mol. The Bertz CT molecular complexity index is 788. The molecule has 2 N–H and O–H groups in total. The first-order valence-corrected chi connectivity index (χ1v) is 9.36. The minimum atomic E-state index is 0.233. The quantitative estimate of drug-likeness (QED) is 0.857. The van der Waals surface area contributed by atoms with Crippen LogP contribution in [-0.4, -0.2) is 54.2 Å². The lowest BCUT2D eigenvalue weighted by Gasteiger charge is -2.34. The average Bonchev–Trinajstić information content (AvgIpc) is 2.91. The highest BCUT2D eigenvalue weighted by Crippen LogP contribution is 2.28. The van der Waals surface area contributed by atoms with Crippen LogP contribution in [0.3, 0.4) is 0 Å². The molecule has 0 radical (unpaired) electrons. The van der Waals surface area contributed by atoms with Crippen molar-refractivity contribution in [2.45, 2.75) is 45.9 Å². The van der Waals surface area contributed by atoms with E-state index in [1.807, 2.05) is 4.90 Å². The number of aryl methyl sites for hydroxylation is 1. The summed E-state index contributed by atoms with van der Waals surface area (Å²) in [5.74, 6) is 0.268. The van der Waals surface area contributed by atoms with Crippen LogP contribution in [0.2, 0.25) is 0 Å². The van der Waals surface area contributed by atoms with Crippen LogP contribution in [0.1, 0.15) is 30.7 Å². The predicted molar refractivity (Wildman–Crippen MR) is 97.7 cm³/mol. The van der Waals surface area contributed by atoms with Crippen molar-refractivity contribution in [3.8, 4) is 0 Å². The van der Waals surface area contributed by atoms with E-state index in [9.17, 15) is 4.79 Å². The summed E-state index contributed by atoms with van der Waals surface area (Å²) in [5, 5.41) is 1.27. The minimum absolute atomic E-state index is 0.233. The normalized spacial score (nSPS) is 26.7. The molecule has 1 amide bonds. The lowest BCUT2D eigenvalue weighted by molar-refractivity contribution is -0.907. The summed E-state index contributed by atoms with van der Waals surface area (Å²) >= 11 is 0.